The van der Waals surface area contributed by atoms with Gasteiger partial charge in [-0.15, -0.1) is 0 Å². The number of carboxylic acid groups (broad SMARTS) is 1. The Hall–Kier alpha value is -2.24. The first kappa shape index (κ1) is 15.8. The summed E-state index contributed by atoms with van der Waals surface area (Å²) in [7, 11) is 1.54. The Morgan fingerprint density at radius 2 is 2.10 bits per heavy atom. The first-order valence-corrected chi connectivity index (χ1v) is 6.34. The van der Waals surface area contributed by atoms with E-state index in [1.165, 1.54) is 12.0 Å². The summed E-state index contributed by atoms with van der Waals surface area (Å²) < 4.78 is 5.07. The molecule has 1 aromatic carbocycles. The van der Waals surface area contributed by atoms with Gasteiger partial charge >= 0.3 is 12.0 Å². The average Bonchev–Trinajstić information content (AvgIpc) is 2.37. The fraction of sp³-hybridized carbons (Fsp3) is 0.429. The predicted octanol–water partition coefficient (Wildman–Crippen LogP) is 2.27. The second-order valence-electron chi connectivity index (χ2n) is 4.83. The van der Waals surface area contributed by atoms with Crippen LogP contribution in [0.4, 0.5) is 10.5 Å². The van der Waals surface area contributed by atoms with Crippen LogP contribution >= 0.6 is 0 Å². The van der Waals surface area contributed by atoms with E-state index in [1.807, 2.05) is 13.8 Å². The first-order chi connectivity index (χ1) is 9.42. The summed E-state index contributed by atoms with van der Waals surface area (Å²) in [6.45, 7) is 3.90. The number of carbonyl (C=O) groups is 2. The van der Waals surface area contributed by atoms with Crippen molar-refractivity contribution in [2.75, 3.05) is 25.5 Å². The third-order valence-corrected chi connectivity index (χ3v) is 2.52. The van der Waals surface area contributed by atoms with Gasteiger partial charge in [-0.1, -0.05) is 19.9 Å². The summed E-state index contributed by atoms with van der Waals surface area (Å²) in [5.74, 6) is -0.228. The number of benzene rings is 1. The maximum absolute atomic E-state index is 12.1. The molecule has 1 aromatic rings. The molecule has 0 radical (unpaired) electrons. The molecule has 0 aliphatic rings. The van der Waals surface area contributed by atoms with Gasteiger partial charge in [0.15, 0.2) is 0 Å². The molecule has 6 nitrogen and oxygen atoms in total. The van der Waals surface area contributed by atoms with E-state index in [-0.39, 0.29) is 12.5 Å². The molecule has 0 saturated carbocycles. The van der Waals surface area contributed by atoms with Crippen molar-refractivity contribution in [3.05, 3.63) is 24.3 Å². The smallest absolute Gasteiger partial charge is 0.323 e. The zero-order chi connectivity index (χ0) is 15.1. The normalized spacial score (nSPS) is 10.2. The highest BCUT2D eigenvalue weighted by Gasteiger charge is 2.18. The number of anilines is 1. The molecule has 20 heavy (non-hydrogen) atoms. The molecule has 1 rings (SSSR count). The van der Waals surface area contributed by atoms with Crippen LogP contribution in [0.15, 0.2) is 24.3 Å². The molecule has 0 atom stereocenters. The van der Waals surface area contributed by atoms with Gasteiger partial charge in [-0.25, -0.2) is 4.79 Å². The molecule has 110 valence electrons. The van der Waals surface area contributed by atoms with E-state index in [9.17, 15) is 9.59 Å². The molecule has 0 spiro atoms. The largest absolute Gasteiger partial charge is 0.497 e. The van der Waals surface area contributed by atoms with Crippen LogP contribution in [-0.4, -0.2) is 42.2 Å². The molecular formula is C14H20N2O4. The number of carbonyl (C=O) groups excluding carboxylic acids is 1. The Morgan fingerprint density at radius 3 is 2.65 bits per heavy atom. The number of ether oxygens (including phenoxy) is 1. The molecule has 2 amide bonds. The van der Waals surface area contributed by atoms with Crippen molar-refractivity contribution >= 4 is 17.7 Å². The van der Waals surface area contributed by atoms with Gasteiger partial charge in [0, 0.05) is 18.3 Å². The quantitative estimate of drug-likeness (QED) is 0.837. The standard InChI is InChI=1S/C14H20N2O4/c1-10(2)8-16(9-13(17)18)14(19)15-11-5-4-6-12(7-11)20-3/h4-7,10H,8-9H2,1-3H3,(H,15,19)(H,17,18). The minimum Gasteiger partial charge on any atom is -0.497 e. The molecule has 0 heterocycles. The molecule has 0 bridgehead atoms. The lowest BCUT2D eigenvalue weighted by Crippen LogP contribution is -2.40. The first-order valence-electron chi connectivity index (χ1n) is 6.34. The topological polar surface area (TPSA) is 78.9 Å². The van der Waals surface area contributed by atoms with Crippen LogP contribution in [0, 0.1) is 5.92 Å². The fourth-order valence-electron chi connectivity index (χ4n) is 1.73. The number of methoxy groups -OCH3 is 1. The highest BCUT2D eigenvalue weighted by molar-refractivity contribution is 5.91. The Kier molecular flexibility index (Phi) is 5.83. The molecule has 0 aromatic heterocycles. The maximum Gasteiger partial charge on any atom is 0.323 e. The second kappa shape index (κ2) is 7.37. The van der Waals surface area contributed by atoms with Crippen molar-refractivity contribution in [1.82, 2.24) is 4.90 Å². The lowest BCUT2D eigenvalue weighted by molar-refractivity contribution is -0.137. The van der Waals surface area contributed by atoms with E-state index in [2.05, 4.69) is 5.32 Å². The summed E-state index contributed by atoms with van der Waals surface area (Å²) in [5, 5.41) is 11.5. The van der Waals surface area contributed by atoms with Gasteiger partial charge < -0.3 is 20.1 Å². The highest BCUT2D eigenvalue weighted by Crippen LogP contribution is 2.17. The van der Waals surface area contributed by atoms with Gasteiger partial charge in [0.1, 0.15) is 12.3 Å². The summed E-state index contributed by atoms with van der Waals surface area (Å²) in [5.41, 5.74) is 0.563. The second-order valence-corrected chi connectivity index (χ2v) is 4.83. The summed E-state index contributed by atoms with van der Waals surface area (Å²) in [6, 6.07) is 6.47. The number of rotatable bonds is 6. The molecule has 0 aliphatic carbocycles. The lowest BCUT2D eigenvalue weighted by Gasteiger charge is -2.23. The van der Waals surface area contributed by atoms with Gasteiger partial charge in [-0.3, -0.25) is 4.79 Å². The van der Waals surface area contributed by atoms with Crippen LogP contribution in [-0.2, 0) is 4.79 Å². The number of hydrogen-bond acceptors (Lipinski definition) is 3. The number of hydrogen-bond donors (Lipinski definition) is 2. The van der Waals surface area contributed by atoms with Crippen molar-refractivity contribution < 1.29 is 19.4 Å². The Labute approximate surface area is 118 Å². The molecule has 2 N–H and O–H groups in total. The Balaban J connectivity index is 2.75. The van der Waals surface area contributed by atoms with E-state index in [1.54, 1.807) is 24.3 Å². The maximum atomic E-state index is 12.1. The Bertz CT molecular complexity index is 474. The van der Waals surface area contributed by atoms with Crippen LogP contribution < -0.4 is 10.1 Å². The number of carboxylic acids is 1. The molecule has 0 unspecified atom stereocenters. The van der Waals surface area contributed by atoms with E-state index in [0.717, 1.165) is 0 Å². The SMILES string of the molecule is COc1cccc(NC(=O)N(CC(=O)O)CC(C)C)c1. The average molecular weight is 280 g/mol. The molecule has 0 fully saturated rings. The van der Waals surface area contributed by atoms with Gasteiger partial charge in [0.25, 0.3) is 0 Å². The van der Waals surface area contributed by atoms with Crippen molar-refractivity contribution in [2.45, 2.75) is 13.8 Å². The lowest BCUT2D eigenvalue weighted by atomic mass is 10.2. The van der Waals surface area contributed by atoms with Crippen molar-refractivity contribution in [1.29, 1.82) is 0 Å². The van der Waals surface area contributed by atoms with Crippen LogP contribution in [0.25, 0.3) is 0 Å². The summed E-state index contributed by atoms with van der Waals surface area (Å²) in [4.78, 5) is 24.2. The minimum absolute atomic E-state index is 0.186. The number of urea groups is 1. The third-order valence-electron chi connectivity index (χ3n) is 2.52. The van der Waals surface area contributed by atoms with Gasteiger partial charge in [-0.2, -0.15) is 0 Å². The zero-order valence-corrected chi connectivity index (χ0v) is 11.9. The van der Waals surface area contributed by atoms with Crippen LogP contribution in [0.2, 0.25) is 0 Å². The van der Waals surface area contributed by atoms with Crippen molar-refractivity contribution in [2.24, 2.45) is 5.92 Å². The van der Waals surface area contributed by atoms with Crippen molar-refractivity contribution in [3.8, 4) is 5.75 Å². The van der Waals surface area contributed by atoms with E-state index >= 15 is 0 Å². The van der Waals surface area contributed by atoms with E-state index in [0.29, 0.717) is 18.0 Å². The zero-order valence-electron chi connectivity index (χ0n) is 11.9. The summed E-state index contributed by atoms with van der Waals surface area (Å²) in [6.07, 6.45) is 0. The van der Waals surface area contributed by atoms with Gasteiger partial charge in [-0.05, 0) is 18.1 Å². The van der Waals surface area contributed by atoms with Crippen molar-refractivity contribution in [3.63, 3.8) is 0 Å². The molecule has 6 heteroatoms. The Morgan fingerprint density at radius 1 is 1.40 bits per heavy atom. The van der Waals surface area contributed by atoms with Gasteiger partial charge in [0.05, 0.1) is 7.11 Å². The van der Waals surface area contributed by atoms with Crippen LogP contribution in [0.3, 0.4) is 0 Å². The third kappa shape index (κ3) is 5.17. The van der Waals surface area contributed by atoms with Crippen LogP contribution in [0.5, 0.6) is 5.75 Å². The predicted molar refractivity (Wildman–Crippen MR) is 76.1 cm³/mol. The molecular weight excluding hydrogens is 260 g/mol. The number of amides is 2. The monoisotopic (exact) mass is 280 g/mol. The molecule has 0 saturated heterocycles. The number of nitrogens with zero attached hydrogens (tertiary/aromatic N) is 1. The minimum atomic E-state index is -1.04. The number of aliphatic carboxylic acids is 1. The molecule has 0 aliphatic heterocycles. The van der Waals surface area contributed by atoms with Gasteiger partial charge in [0.2, 0.25) is 0 Å². The summed E-state index contributed by atoms with van der Waals surface area (Å²) >= 11 is 0. The number of nitrogens with one attached hydrogen (secondary N) is 1. The fourth-order valence-corrected chi connectivity index (χ4v) is 1.73. The highest BCUT2D eigenvalue weighted by atomic mass is 16.5. The van der Waals surface area contributed by atoms with E-state index in [4.69, 9.17) is 9.84 Å². The van der Waals surface area contributed by atoms with Crippen LogP contribution in [0.1, 0.15) is 13.8 Å². The van der Waals surface area contributed by atoms with E-state index < -0.39 is 12.0 Å².